The molecule has 3 rings (SSSR count). The molecule has 2 heterocycles. The predicted octanol–water partition coefficient (Wildman–Crippen LogP) is 3.58. The molecule has 1 aromatic carbocycles. The van der Waals surface area contributed by atoms with Crippen LogP contribution in [0.15, 0.2) is 40.2 Å². The minimum absolute atomic E-state index is 0.141. The Morgan fingerprint density at radius 2 is 1.79 bits per heavy atom. The maximum absolute atomic E-state index is 13.7. The quantitative estimate of drug-likeness (QED) is 0.726. The van der Waals surface area contributed by atoms with Crippen molar-refractivity contribution in [3.8, 4) is 0 Å². The van der Waals surface area contributed by atoms with E-state index in [1.807, 2.05) is 24.3 Å². The second kappa shape index (κ2) is 8.34. The summed E-state index contributed by atoms with van der Waals surface area (Å²) in [6, 6.07) is 10.9. The molecule has 24 heavy (non-hydrogen) atoms. The minimum atomic E-state index is -0.141. The number of halogens is 2. The largest absolute Gasteiger partial charge is 0.298 e. The summed E-state index contributed by atoms with van der Waals surface area (Å²) in [4.78, 5) is 17.7. The molecule has 0 unspecified atom stereocenters. The molecule has 6 heteroatoms. The van der Waals surface area contributed by atoms with Crippen LogP contribution in [0.4, 0.5) is 4.39 Å². The first kappa shape index (κ1) is 17.7. The molecule has 1 aliphatic heterocycles. The number of thiophene rings is 1. The molecule has 1 aliphatic rings. The van der Waals surface area contributed by atoms with E-state index in [0.29, 0.717) is 19.5 Å². The van der Waals surface area contributed by atoms with E-state index in [9.17, 15) is 9.18 Å². The van der Waals surface area contributed by atoms with Gasteiger partial charge in [0.25, 0.3) is 0 Å². The highest BCUT2D eigenvalue weighted by molar-refractivity contribution is 9.11. The van der Waals surface area contributed by atoms with E-state index >= 15 is 0 Å². The fourth-order valence-electron chi connectivity index (χ4n) is 2.92. The first-order chi connectivity index (χ1) is 11.6. The van der Waals surface area contributed by atoms with Crippen LogP contribution in [-0.2, 0) is 17.8 Å². The van der Waals surface area contributed by atoms with Gasteiger partial charge in [-0.05, 0) is 34.1 Å². The van der Waals surface area contributed by atoms with E-state index in [-0.39, 0.29) is 11.6 Å². The van der Waals surface area contributed by atoms with Crippen molar-refractivity contribution >= 4 is 33.0 Å². The van der Waals surface area contributed by atoms with Gasteiger partial charge in [0.05, 0.1) is 10.3 Å². The lowest BCUT2D eigenvalue weighted by atomic mass is 10.1. The molecule has 0 aliphatic carbocycles. The zero-order valence-corrected chi connectivity index (χ0v) is 15.8. The van der Waals surface area contributed by atoms with Crippen molar-refractivity contribution in [2.75, 3.05) is 32.7 Å². The van der Waals surface area contributed by atoms with Crippen molar-refractivity contribution in [3.05, 3.63) is 56.4 Å². The fourth-order valence-corrected chi connectivity index (χ4v) is 4.43. The van der Waals surface area contributed by atoms with E-state index in [0.717, 1.165) is 40.4 Å². The molecule has 0 saturated carbocycles. The van der Waals surface area contributed by atoms with Gasteiger partial charge in [0.2, 0.25) is 0 Å². The Hall–Kier alpha value is -1.08. The van der Waals surface area contributed by atoms with Gasteiger partial charge < -0.3 is 0 Å². The topological polar surface area (TPSA) is 23.6 Å². The molecule has 0 radical (unpaired) electrons. The molecule has 0 spiro atoms. The summed E-state index contributed by atoms with van der Waals surface area (Å²) in [6.45, 7) is 4.59. The van der Waals surface area contributed by atoms with Gasteiger partial charge in [-0.2, -0.15) is 0 Å². The predicted molar refractivity (Wildman–Crippen MR) is 98.8 cm³/mol. The van der Waals surface area contributed by atoms with Gasteiger partial charge in [-0.15, -0.1) is 11.3 Å². The third kappa shape index (κ3) is 4.96. The third-order valence-corrected chi connectivity index (χ3v) is 5.84. The van der Waals surface area contributed by atoms with E-state index in [2.05, 4.69) is 25.7 Å². The normalized spacial score (nSPS) is 16.4. The zero-order valence-electron chi connectivity index (χ0n) is 13.4. The Morgan fingerprint density at radius 3 is 2.46 bits per heavy atom. The molecule has 0 atom stereocenters. The first-order valence-corrected chi connectivity index (χ1v) is 9.65. The number of carbonyl (C=O) groups is 1. The Balaban J connectivity index is 1.43. The van der Waals surface area contributed by atoms with Crippen molar-refractivity contribution in [3.63, 3.8) is 0 Å². The smallest absolute Gasteiger partial charge is 0.152 e. The molecule has 0 amide bonds. The Labute approximate surface area is 154 Å². The number of ketones is 1. The van der Waals surface area contributed by atoms with Gasteiger partial charge in [0.1, 0.15) is 5.82 Å². The van der Waals surface area contributed by atoms with E-state index in [4.69, 9.17) is 0 Å². The molecule has 1 fully saturated rings. The van der Waals surface area contributed by atoms with Crippen LogP contribution in [0, 0.1) is 5.82 Å². The summed E-state index contributed by atoms with van der Waals surface area (Å²) >= 11 is 5.04. The molecule has 1 saturated heterocycles. The van der Waals surface area contributed by atoms with Crippen LogP contribution in [-0.4, -0.2) is 48.3 Å². The molecular weight excluding hydrogens is 391 g/mol. The van der Waals surface area contributed by atoms with Gasteiger partial charge in [0, 0.05) is 49.6 Å². The summed E-state index contributed by atoms with van der Waals surface area (Å²) in [5.74, 6) is 0.115. The van der Waals surface area contributed by atoms with E-state index < -0.39 is 0 Å². The number of Topliss-reactive ketones (excluding diaryl/α,β-unsaturated/α-hetero) is 1. The number of nitrogens with zero attached hydrogens (tertiary/aromatic N) is 2. The van der Waals surface area contributed by atoms with Crippen molar-refractivity contribution in [1.82, 2.24) is 9.80 Å². The lowest BCUT2D eigenvalue weighted by Gasteiger charge is -2.34. The van der Waals surface area contributed by atoms with Crippen LogP contribution >= 0.6 is 27.3 Å². The number of rotatable bonds is 6. The highest BCUT2D eigenvalue weighted by Gasteiger charge is 2.20. The summed E-state index contributed by atoms with van der Waals surface area (Å²) in [5.41, 5.74) is 0.741. The summed E-state index contributed by atoms with van der Waals surface area (Å²) < 4.78 is 14.8. The second-order valence-electron chi connectivity index (χ2n) is 6.06. The second-order valence-corrected chi connectivity index (χ2v) is 8.61. The number of piperazine rings is 1. The molecule has 3 nitrogen and oxygen atoms in total. The lowest BCUT2D eigenvalue weighted by Crippen LogP contribution is -2.47. The Kier molecular flexibility index (Phi) is 6.16. The number of hydrogen-bond donors (Lipinski definition) is 0. The average Bonchev–Trinajstić information content (AvgIpc) is 2.96. The van der Waals surface area contributed by atoms with Gasteiger partial charge in [-0.25, -0.2) is 4.39 Å². The van der Waals surface area contributed by atoms with Gasteiger partial charge in [-0.1, -0.05) is 18.2 Å². The molecular formula is C18H20BrFN2OS. The van der Waals surface area contributed by atoms with Crippen LogP contribution in [0.25, 0.3) is 0 Å². The van der Waals surface area contributed by atoms with Crippen LogP contribution < -0.4 is 0 Å². The molecule has 0 N–H and O–H groups in total. The molecule has 0 bridgehead atoms. The molecule has 1 aromatic heterocycles. The average molecular weight is 411 g/mol. The van der Waals surface area contributed by atoms with Crippen LogP contribution in [0.3, 0.4) is 0 Å². The summed E-state index contributed by atoms with van der Waals surface area (Å²) in [5, 5.41) is 0. The van der Waals surface area contributed by atoms with Crippen molar-refractivity contribution in [2.45, 2.75) is 13.0 Å². The fraction of sp³-hybridized carbons (Fsp3) is 0.389. The number of hydrogen-bond acceptors (Lipinski definition) is 4. The number of carbonyl (C=O) groups excluding carboxylic acids is 1. The van der Waals surface area contributed by atoms with Gasteiger partial charge >= 0.3 is 0 Å². The lowest BCUT2D eigenvalue weighted by molar-refractivity contribution is -0.119. The SMILES string of the molecule is O=C(Cc1ccc(Br)s1)CN1CCN(Cc2ccccc2F)CC1. The van der Waals surface area contributed by atoms with E-state index in [1.165, 1.54) is 6.07 Å². The highest BCUT2D eigenvalue weighted by atomic mass is 79.9. The molecule has 128 valence electrons. The maximum atomic E-state index is 13.7. The van der Waals surface area contributed by atoms with Gasteiger partial charge in [0.15, 0.2) is 5.78 Å². The Bertz CT molecular complexity index is 698. The highest BCUT2D eigenvalue weighted by Crippen LogP contribution is 2.22. The summed E-state index contributed by atoms with van der Waals surface area (Å²) in [6.07, 6.45) is 0.506. The first-order valence-electron chi connectivity index (χ1n) is 8.04. The maximum Gasteiger partial charge on any atom is 0.152 e. The third-order valence-electron chi connectivity index (χ3n) is 4.22. The zero-order chi connectivity index (χ0) is 16.9. The van der Waals surface area contributed by atoms with Crippen LogP contribution in [0.5, 0.6) is 0 Å². The molecule has 2 aromatic rings. The van der Waals surface area contributed by atoms with Gasteiger partial charge in [-0.3, -0.25) is 14.6 Å². The minimum Gasteiger partial charge on any atom is -0.298 e. The van der Waals surface area contributed by atoms with Crippen molar-refractivity contribution in [2.24, 2.45) is 0 Å². The van der Waals surface area contributed by atoms with Crippen molar-refractivity contribution < 1.29 is 9.18 Å². The standard InChI is InChI=1S/C18H20BrFN2OS/c19-18-6-5-16(24-18)11-15(23)13-22-9-7-21(8-10-22)12-14-3-1-2-4-17(14)20/h1-6H,7-13H2. The van der Waals surface area contributed by atoms with E-state index in [1.54, 1.807) is 17.4 Å². The monoisotopic (exact) mass is 410 g/mol. The summed E-state index contributed by atoms with van der Waals surface area (Å²) in [7, 11) is 0. The Morgan fingerprint density at radius 1 is 1.08 bits per heavy atom. The number of benzene rings is 1. The van der Waals surface area contributed by atoms with Crippen LogP contribution in [0.1, 0.15) is 10.4 Å². The van der Waals surface area contributed by atoms with Crippen LogP contribution in [0.2, 0.25) is 0 Å². The van der Waals surface area contributed by atoms with Crippen molar-refractivity contribution in [1.29, 1.82) is 0 Å².